The normalized spacial score (nSPS) is 16.2. The Hall–Kier alpha value is -4.02. The number of carbonyl (C=O) groups is 1. The van der Waals surface area contributed by atoms with Gasteiger partial charge in [0, 0.05) is 49.7 Å². The molecule has 2 aromatic carbocycles. The molecule has 0 amide bonds. The van der Waals surface area contributed by atoms with Crippen molar-refractivity contribution in [1.29, 1.82) is 0 Å². The van der Waals surface area contributed by atoms with E-state index < -0.39 is 29.7 Å². The largest absolute Gasteiger partial charge is 0.490 e. The van der Waals surface area contributed by atoms with Crippen molar-refractivity contribution in [3.63, 3.8) is 0 Å². The maximum atomic E-state index is 14.8. The number of halogens is 7. The van der Waals surface area contributed by atoms with Crippen LogP contribution in [0.25, 0.3) is 11.3 Å². The number of rotatable bonds is 6. The third-order valence-corrected chi connectivity index (χ3v) is 6.60. The van der Waals surface area contributed by atoms with Crippen molar-refractivity contribution in [3.05, 3.63) is 65.6 Å². The molecule has 1 aromatic heterocycles. The molecule has 3 heterocycles. The first-order chi connectivity index (χ1) is 20.8. The fraction of sp³-hybridized carbons (Fsp3) is 0.393. The molecule has 16 heteroatoms. The topological polar surface area (TPSA) is 100 Å². The fourth-order valence-electron chi connectivity index (χ4n) is 4.39. The van der Waals surface area contributed by atoms with Crippen molar-refractivity contribution < 1.29 is 50.1 Å². The molecule has 0 saturated carbocycles. The van der Waals surface area contributed by atoms with Gasteiger partial charge in [0.2, 0.25) is 5.95 Å². The summed E-state index contributed by atoms with van der Waals surface area (Å²) in [5, 5.41) is 10.1. The van der Waals surface area contributed by atoms with E-state index in [1.165, 1.54) is 6.07 Å². The van der Waals surface area contributed by atoms with Crippen LogP contribution in [0, 0.1) is 5.82 Å². The summed E-state index contributed by atoms with van der Waals surface area (Å²) in [6, 6.07) is 11.2. The van der Waals surface area contributed by atoms with Crippen LogP contribution in [0.15, 0.2) is 48.7 Å². The van der Waals surface area contributed by atoms with Crippen LogP contribution in [0.1, 0.15) is 11.1 Å². The summed E-state index contributed by atoms with van der Waals surface area (Å²) in [6.07, 6.45) is -8.71. The summed E-state index contributed by atoms with van der Waals surface area (Å²) in [5.41, 5.74) is 1.11. The van der Waals surface area contributed by atoms with Gasteiger partial charge in [-0.15, -0.1) is 0 Å². The Morgan fingerprint density at radius 3 is 2.07 bits per heavy atom. The van der Waals surface area contributed by atoms with Crippen molar-refractivity contribution in [3.8, 4) is 11.3 Å². The molecule has 0 atom stereocenters. The number of morpholine rings is 2. The highest BCUT2D eigenvalue weighted by molar-refractivity contribution is 5.73. The molecule has 2 aliphatic heterocycles. The number of carboxylic acid groups (broad SMARTS) is 1. The number of ether oxygens (including phenoxy) is 2. The molecule has 44 heavy (non-hydrogen) atoms. The van der Waals surface area contributed by atoms with E-state index in [0.717, 1.165) is 56.7 Å². The lowest BCUT2D eigenvalue weighted by Gasteiger charge is -2.29. The van der Waals surface area contributed by atoms with E-state index >= 15 is 0 Å². The molecule has 0 aliphatic carbocycles. The van der Waals surface area contributed by atoms with E-state index in [1.54, 1.807) is 4.90 Å². The zero-order valence-electron chi connectivity index (χ0n) is 23.1. The average Bonchev–Trinajstić information content (AvgIpc) is 2.99. The van der Waals surface area contributed by atoms with E-state index in [-0.39, 0.29) is 17.2 Å². The second kappa shape index (κ2) is 14.2. The first kappa shape index (κ1) is 32.9. The summed E-state index contributed by atoms with van der Waals surface area (Å²) >= 11 is 0. The summed E-state index contributed by atoms with van der Waals surface area (Å²) in [7, 11) is 0. The van der Waals surface area contributed by atoms with Crippen molar-refractivity contribution in [2.45, 2.75) is 18.9 Å². The number of benzene rings is 2. The quantitative estimate of drug-likeness (QED) is 0.349. The molecule has 3 aromatic rings. The average molecular weight is 632 g/mol. The van der Waals surface area contributed by atoms with Crippen LogP contribution in [0.3, 0.4) is 0 Å². The molecule has 0 unspecified atom stereocenters. The van der Waals surface area contributed by atoms with Crippen LogP contribution < -0.4 is 10.2 Å². The van der Waals surface area contributed by atoms with Crippen molar-refractivity contribution >= 4 is 23.3 Å². The third kappa shape index (κ3) is 9.24. The van der Waals surface area contributed by atoms with Gasteiger partial charge in [-0.25, -0.2) is 19.2 Å². The highest BCUT2D eigenvalue weighted by atomic mass is 19.4. The number of aliphatic carboxylic acids is 1. The van der Waals surface area contributed by atoms with Gasteiger partial charge in [-0.05, 0) is 35.9 Å². The smallest absolute Gasteiger partial charge is 0.475 e. The van der Waals surface area contributed by atoms with Gasteiger partial charge >= 0.3 is 18.3 Å². The van der Waals surface area contributed by atoms with E-state index in [2.05, 4.69) is 20.2 Å². The number of nitrogens with one attached hydrogen (secondary N) is 1. The second-order valence-electron chi connectivity index (χ2n) is 9.77. The fourth-order valence-corrected chi connectivity index (χ4v) is 4.39. The van der Waals surface area contributed by atoms with Gasteiger partial charge in [0.15, 0.2) is 5.82 Å². The highest BCUT2D eigenvalue weighted by Gasteiger charge is 2.38. The van der Waals surface area contributed by atoms with Gasteiger partial charge < -0.3 is 24.8 Å². The van der Waals surface area contributed by atoms with E-state index in [4.69, 9.17) is 19.4 Å². The van der Waals surface area contributed by atoms with E-state index in [1.807, 2.05) is 24.3 Å². The number of anilines is 3. The van der Waals surface area contributed by atoms with Crippen molar-refractivity contribution in [2.75, 3.05) is 62.8 Å². The minimum Gasteiger partial charge on any atom is -0.475 e. The minimum atomic E-state index is -5.08. The van der Waals surface area contributed by atoms with Crippen LogP contribution in [-0.4, -0.2) is 84.7 Å². The first-order valence-corrected chi connectivity index (χ1v) is 13.3. The maximum absolute atomic E-state index is 14.8. The minimum absolute atomic E-state index is 0.0279. The molecule has 0 radical (unpaired) electrons. The number of aromatic nitrogens is 2. The summed E-state index contributed by atoms with van der Waals surface area (Å²) in [6.45, 7) is 5.74. The summed E-state index contributed by atoms with van der Waals surface area (Å²) in [4.78, 5) is 21.2. The van der Waals surface area contributed by atoms with Crippen molar-refractivity contribution in [1.82, 2.24) is 14.9 Å². The third-order valence-electron chi connectivity index (χ3n) is 6.60. The molecular weight excluding hydrogens is 603 g/mol. The molecule has 2 saturated heterocycles. The number of hydrogen-bond acceptors (Lipinski definition) is 8. The van der Waals surface area contributed by atoms with E-state index in [0.29, 0.717) is 37.7 Å². The molecule has 9 nitrogen and oxygen atoms in total. The van der Waals surface area contributed by atoms with Gasteiger partial charge in [0.05, 0.1) is 38.2 Å². The number of hydrogen-bond donors (Lipinski definition) is 2. The zero-order chi connectivity index (χ0) is 31.9. The summed E-state index contributed by atoms with van der Waals surface area (Å²) < 4.78 is 98.3. The molecule has 2 fully saturated rings. The molecule has 2 aliphatic rings. The standard InChI is InChI=1S/C26H27F4N5O2.C2HF3O2/c27-23-16-31-25(32-21-3-1-18(2-4-21)17-34-5-9-36-10-6-34)33-24(23)19-13-20(26(28,29)30)15-22(14-19)35-7-11-37-12-8-35;3-2(4,5)1(6)7/h1-4,13-16H,5-12,17H2,(H,31,32,33);(H,6,7). The van der Waals surface area contributed by atoms with Gasteiger partial charge in [-0.1, -0.05) is 12.1 Å². The lowest BCUT2D eigenvalue weighted by molar-refractivity contribution is -0.192. The Morgan fingerprint density at radius 2 is 1.50 bits per heavy atom. The van der Waals surface area contributed by atoms with Crippen LogP contribution in [-0.2, 0) is 27.0 Å². The van der Waals surface area contributed by atoms with Gasteiger partial charge in [0.1, 0.15) is 5.69 Å². The van der Waals surface area contributed by atoms with Crippen molar-refractivity contribution in [2.24, 2.45) is 0 Å². The van der Waals surface area contributed by atoms with Crippen LogP contribution in [0.2, 0.25) is 0 Å². The Morgan fingerprint density at radius 1 is 0.909 bits per heavy atom. The lowest BCUT2D eigenvalue weighted by Crippen LogP contribution is -2.36. The zero-order valence-corrected chi connectivity index (χ0v) is 23.1. The summed E-state index contributed by atoms with van der Waals surface area (Å²) in [5.74, 6) is -3.48. The first-order valence-electron chi connectivity index (χ1n) is 13.3. The predicted octanol–water partition coefficient (Wildman–Crippen LogP) is 5.35. The molecule has 2 N–H and O–H groups in total. The predicted molar refractivity (Wildman–Crippen MR) is 145 cm³/mol. The maximum Gasteiger partial charge on any atom is 0.490 e. The number of nitrogens with zero attached hydrogens (tertiary/aromatic N) is 4. The molecule has 0 bridgehead atoms. The van der Waals surface area contributed by atoms with E-state index in [9.17, 15) is 30.7 Å². The molecule has 0 spiro atoms. The highest BCUT2D eigenvalue weighted by Crippen LogP contribution is 2.36. The van der Waals surface area contributed by atoms with Gasteiger partial charge in [-0.3, -0.25) is 4.90 Å². The number of alkyl halides is 6. The Kier molecular flexibility index (Phi) is 10.6. The molecule has 5 rings (SSSR count). The van der Waals surface area contributed by atoms with Gasteiger partial charge in [0.25, 0.3) is 0 Å². The number of carboxylic acids is 1. The van der Waals surface area contributed by atoms with Crippen LogP contribution >= 0.6 is 0 Å². The Balaban J connectivity index is 0.000000566. The Bertz CT molecular complexity index is 1410. The monoisotopic (exact) mass is 631 g/mol. The second-order valence-corrected chi connectivity index (χ2v) is 9.77. The molecular formula is C28H28F7N5O4. The lowest BCUT2D eigenvalue weighted by atomic mass is 10.0. The van der Waals surface area contributed by atoms with Crippen LogP contribution in [0.5, 0.6) is 0 Å². The SMILES string of the molecule is Fc1cnc(Nc2ccc(CN3CCOCC3)cc2)nc1-c1cc(N2CCOCC2)cc(C(F)(F)F)c1.O=C(O)C(F)(F)F. The Labute approximate surface area is 247 Å². The molecule has 238 valence electrons. The van der Waals surface area contributed by atoms with Crippen LogP contribution in [0.4, 0.5) is 48.1 Å². The van der Waals surface area contributed by atoms with Gasteiger partial charge in [-0.2, -0.15) is 26.3 Å².